The van der Waals surface area contributed by atoms with Gasteiger partial charge in [-0.2, -0.15) is 0 Å². The van der Waals surface area contributed by atoms with Gasteiger partial charge in [0, 0.05) is 5.56 Å². The third kappa shape index (κ3) is 2.95. The van der Waals surface area contributed by atoms with Crippen LogP contribution in [0.15, 0.2) is 42.5 Å². The van der Waals surface area contributed by atoms with E-state index in [4.69, 9.17) is 16.7 Å². The number of halogens is 2. The van der Waals surface area contributed by atoms with Gasteiger partial charge in [0.15, 0.2) is 0 Å². The Balaban J connectivity index is 2.30. The van der Waals surface area contributed by atoms with E-state index in [-0.39, 0.29) is 21.8 Å². The zero-order chi connectivity index (χ0) is 14.7. The molecular weight excluding hydrogens is 285 g/mol. The maximum absolute atomic E-state index is 12.8. The van der Waals surface area contributed by atoms with Crippen LogP contribution in [0.5, 0.6) is 0 Å². The molecule has 2 N–H and O–H groups in total. The van der Waals surface area contributed by atoms with Crippen molar-refractivity contribution in [1.82, 2.24) is 0 Å². The number of nitrogens with one attached hydrogen (secondary N) is 1. The van der Waals surface area contributed by atoms with E-state index in [2.05, 4.69) is 5.32 Å². The zero-order valence-electron chi connectivity index (χ0n) is 10.1. The Bertz CT molecular complexity index is 671. The van der Waals surface area contributed by atoms with Crippen LogP contribution in [0, 0.1) is 5.82 Å². The summed E-state index contributed by atoms with van der Waals surface area (Å²) in [6.45, 7) is 0. The Kier molecular flexibility index (Phi) is 4.00. The van der Waals surface area contributed by atoms with Gasteiger partial charge in [0.1, 0.15) is 11.4 Å². The summed E-state index contributed by atoms with van der Waals surface area (Å²) in [6, 6.07) is 9.26. The lowest BCUT2D eigenvalue weighted by Crippen LogP contribution is -2.15. The number of amides is 1. The number of carboxylic acid groups (broad SMARTS) is 1. The first kappa shape index (κ1) is 14.0. The predicted octanol–water partition coefficient (Wildman–Crippen LogP) is 3.43. The van der Waals surface area contributed by atoms with Gasteiger partial charge in [-0.05, 0) is 36.4 Å². The summed E-state index contributed by atoms with van der Waals surface area (Å²) in [7, 11) is 0. The van der Waals surface area contributed by atoms with Crippen LogP contribution in [-0.4, -0.2) is 17.0 Å². The highest BCUT2D eigenvalue weighted by Crippen LogP contribution is 2.24. The van der Waals surface area contributed by atoms with E-state index >= 15 is 0 Å². The van der Waals surface area contributed by atoms with Crippen molar-refractivity contribution in [1.29, 1.82) is 0 Å². The summed E-state index contributed by atoms with van der Waals surface area (Å²) in [5.41, 5.74) is 0.103. The van der Waals surface area contributed by atoms with Crippen molar-refractivity contribution in [2.24, 2.45) is 0 Å². The molecule has 0 spiro atoms. The van der Waals surface area contributed by atoms with Gasteiger partial charge >= 0.3 is 5.97 Å². The largest absolute Gasteiger partial charge is 0.478 e. The van der Waals surface area contributed by atoms with Crippen LogP contribution in [0.3, 0.4) is 0 Å². The second-order valence-electron chi connectivity index (χ2n) is 3.93. The molecule has 0 aliphatic rings. The van der Waals surface area contributed by atoms with Gasteiger partial charge in [-0.3, -0.25) is 4.79 Å². The SMILES string of the molecule is O=C(Nc1cccc(Cl)c1C(=O)O)c1ccc(F)cc1. The van der Waals surface area contributed by atoms with Crippen LogP contribution in [0.1, 0.15) is 20.7 Å². The normalized spacial score (nSPS) is 10.1. The number of hydrogen-bond donors (Lipinski definition) is 2. The second kappa shape index (κ2) is 5.71. The highest BCUT2D eigenvalue weighted by Gasteiger charge is 2.16. The van der Waals surface area contributed by atoms with Crippen LogP contribution in [0.2, 0.25) is 5.02 Å². The van der Waals surface area contributed by atoms with Crippen molar-refractivity contribution in [3.8, 4) is 0 Å². The van der Waals surface area contributed by atoms with Crippen molar-refractivity contribution < 1.29 is 19.1 Å². The molecule has 2 aromatic rings. The van der Waals surface area contributed by atoms with E-state index < -0.39 is 17.7 Å². The van der Waals surface area contributed by atoms with E-state index in [1.807, 2.05) is 0 Å². The molecule has 0 aromatic heterocycles. The minimum absolute atomic E-state index is 0.0226. The average molecular weight is 294 g/mol. The van der Waals surface area contributed by atoms with Gasteiger partial charge in [-0.25, -0.2) is 9.18 Å². The molecule has 0 fully saturated rings. The number of carbonyl (C=O) groups is 2. The first-order valence-electron chi connectivity index (χ1n) is 5.58. The molecule has 0 unspecified atom stereocenters. The number of carbonyl (C=O) groups excluding carboxylic acids is 1. The third-order valence-electron chi connectivity index (χ3n) is 2.58. The monoisotopic (exact) mass is 293 g/mol. The molecule has 0 bridgehead atoms. The molecule has 0 aliphatic heterocycles. The Morgan fingerprint density at radius 1 is 1.10 bits per heavy atom. The summed E-state index contributed by atoms with van der Waals surface area (Å²) in [4.78, 5) is 23.1. The van der Waals surface area contributed by atoms with E-state index in [1.54, 1.807) is 0 Å². The molecule has 0 atom stereocenters. The first-order chi connectivity index (χ1) is 9.49. The lowest BCUT2D eigenvalue weighted by atomic mass is 10.1. The minimum Gasteiger partial charge on any atom is -0.478 e. The Morgan fingerprint density at radius 2 is 1.75 bits per heavy atom. The maximum Gasteiger partial charge on any atom is 0.339 e. The standard InChI is InChI=1S/C14H9ClFNO3/c15-10-2-1-3-11(12(10)14(19)20)17-13(18)8-4-6-9(16)7-5-8/h1-7H,(H,17,18)(H,19,20). The number of rotatable bonds is 3. The van der Waals surface area contributed by atoms with Crippen LogP contribution in [0.4, 0.5) is 10.1 Å². The lowest BCUT2D eigenvalue weighted by molar-refractivity contribution is 0.0698. The second-order valence-corrected chi connectivity index (χ2v) is 4.34. The maximum atomic E-state index is 12.8. The van der Waals surface area contributed by atoms with Gasteiger partial charge in [0.2, 0.25) is 0 Å². The highest BCUT2D eigenvalue weighted by molar-refractivity contribution is 6.34. The molecule has 0 saturated heterocycles. The van der Waals surface area contributed by atoms with Crippen molar-refractivity contribution in [2.75, 3.05) is 5.32 Å². The summed E-state index contributed by atoms with van der Waals surface area (Å²) in [6.07, 6.45) is 0. The van der Waals surface area contributed by atoms with Crippen LogP contribution in [0.25, 0.3) is 0 Å². The van der Waals surface area contributed by atoms with Gasteiger partial charge in [0.05, 0.1) is 10.7 Å². The van der Waals surface area contributed by atoms with E-state index in [9.17, 15) is 14.0 Å². The van der Waals surface area contributed by atoms with E-state index in [0.717, 1.165) is 12.1 Å². The van der Waals surface area contributed by atoms with Crippen molar-refractivity contribution in [3.05, 3.63) is 64.4 Å². The number of benzene rings is 2. The first-order valence-corrected chi connectivity index (χ1v) is 5.95. The quantitative estimate of drug-likeness (QED) is 0.911. The summed E-state index contributed by atoms with van der Waals surface area (Å²) in [5, 5.41) is 11.5. The lowest BCUT2D eigenvalue weighted by Gasteiger charge is -2.09. The Labute approximate surface area is 118 Å². The molecule has 0 radical (unpaired) electrons. The van der Waals surface area contributed by atoms with Crippen LogP contribution in [-0.2, 0) is 0 Å². The van der Waals surface area contributed by atoms with E-state index in [1.165, 1.54) is 30.3 Å². The zero-order valence-corrected chi connectivity index (χ0v) is 10.8. The number of carboxylic acids is 1. The van der Waals surface area contributed by atoms with Crippen molar-refractivity contribution >= 4 is 29.2 Å². The summed E-state index contributed by atoms with van der Waals surface area (Å²) < 4.78 is 12.8. The smallest absolute Gasteiger partial charge is 0.339 e. The molecule has 6 heteroatoms. The predicted molar refractivity (Wildman–Crippen MR) is 72.8 cm³/mol. The highest BCUT2D eigenvalue weighted by atomic mass is 35.5. The molecule has 4 nitrogen and oxygen atoms in total. The van der Waals surface area contributed by atoms with Crippen molar-refractivity contribution in [3.63, 3.8) is 0 Å². The fraction of sp³-hybridized carbons (Fsp3) is 0. The molecule has 2 aromatic carbocycles. The molecule has 20 heavy (non-hydrogen) atoms. The summed E-state index contributed by atoms with van der Waals surface area (Å²) >= 11 is 5.79. The number of anilines is 1. The van der Waals surface area contributed by atoms with Gasteiger partial charge in [-0.15, -0.1) is 0 Å². The third-order valence-corrected chi connectivity index (χ3v) is 2.90. The molecule has 1 amide bonds. The molecule has 0 aliphatic carbocycles. The van der Waals surface area contributed by atoms with Crippen molar-refractivity contribution in [2.45, 2.75) is 0 Å². The average Bonchev–Trinajstić information content (AvgIpc) is 2.39. The molecular formula is C14H9ClFNO3. The van der Waals surface area contributed by atoms with Crippen LogP contribution < -0.4 is 5.32 Å². The fourth-order valence-corrected chi connectivity index (χ4v) is 1.90. The molecule has 0 saturated carbocycles. The van der Waals surface area contributed by atoms with Gasteiger partial charge in [-0.1, -0.05) is 17.7 Å². The fourth-order valence-electron chi connectivity index (χ4n) is 1.64. The van der Waals surface area contributed by atoms with E-state index in [0.29, 0.717) is 0 Å². The summed E-state index contributed by atoms with van der Waals surface area (Å²) in [5.74, 6) is -2.25. The number of aromatic carboxylic acids is 1. The molecule has 102 valence electrons. The molecule has 2 rings (SSSR count). The topological polar surface area (TPSA) is 66.4 Å². The molecule has 0 heterocycles. The van der Waals surface area contributed by atoms with Crippen LogP contribution >= 0.6 is 11.6 Å². The minimum atomic E-state index is -1.25. The van der Waals surface area contributed by atoms with Gasteiger partial charge < -0.3 is 10.4 Å². The Morgan fingerprint density at radius 3 is 2.35 bits per heavy atom. The Hall–Kier alpha value is -2.40. The van der Waals surface area contributed by atoms with Gasteiger partial charge in [0.25, 0.3) is 5.91 Å². The number of hydrogen-bond acceptors (Lipinski definition) is 2.